The minimum absolute atomic E-state index is 0.238. The molecule has 0 aliphatic carbocycles. The maximum absolute atomic E-state index is 6.16. The number of nitrogens with one attached hydrogen (secondary N) is 1. The number of benzene rings is 1. The quantitative estimate of drug-likeness (QED) is 0.839. The minimum Gasteiger partial charge on any atom is -0.359 e. The van der Waals surface area contributed by atoms with Crippen LogP contribution in [0.5, 0.6) is 0 Å². The van der Waals surface area contributed by atoms with Crippen molar-refractivity contribution in [1.29, 1.82) is 0 Å². The van der Waals surface area contributed by atoms with E-state index in [1.165, 1.54) is 0 Å². The summed E-state index contributed by atoms with van der Waals surface area (Å²) in [5, 5.41) is 6.04. The fourth-order valence-electron chi connectivity index (χ4n) is 2.22. The molecule has 2 rings (SSSR count). The van der Waals surface area contributed by atoms with E-state index in [-0.39, 0.29) is 5.54 Å². The number of hydrogen-bond acceptors (Lipinski definition) is 2. The average Bonchev–Trinajstić information content (AvgIpc) is 2.86. The van der Waals surface area contributed by atoms with E-state index < -0.39 is 0 Å². The van der Waals surface area contributed by atoms with Crippen LogP contribution in [0.1, 0.15) is 32.3 Å². The first-order chi connectivity index (χ1) is 9.58. The van der Waals surface area contributed by atoms with Gasteiger partial charge >= 0.3 is 0 Å². The van der Waals surface area contributed by atoms with Crippen LogP contribution in [0.2, 0.25) is 10.0 Å². The monoisotopic (exact) mass is 330 g/mol. The normalized spacial score (nSPS) is 19.3. The number of rotatable bonds is 5. The van der Waals surface area contributed by atoms with Crippen LogP contribution in [0.4, 0.5) is 0 Å². The van der Waals surface area contributed by atoms with Gasteiger partial charge in [0.1, 0.15) is 0 Å². The first kappa shape index (κ1) is 16.0. The van der Waals surface area contributed by atoms with Crippen LogP contribution in [0.25, 0.3) is 0 Å². The van der Waals surface area contributed by atoms with Gasteiger partial charge < -0.3 is 5.32 Å². The lowest BCUT2D eigenvalue weighted by Crippen LogP contribution is -2.42. The van der Waals surface area contributed by atoms with Gasteiger partial charge in [0.25, 0.3) is 0 Å². The third-order valence-electron chi connectivity index (χ3n) is 3.86. The van der Waals surface area contributed by atoms with Crippen molar-refractivity contribution in [3.05, 3.63) is 33.8 Å². The van der Waals surface area contributed by atoms with E-state index in [9.17, 15) is 0 Å². The molecule has 1 aliphatic rings. The Kier molecular flexibility index (Phi) is 5.65. The van der Waals surface area contributed by atoms with Crippen LogP contribution >= 0.6 is 35.0 Å². The zero-order valence-corrected chi connectivity index (χ0v) is 14.2. The zero-order chi connectivity index (χ0) is 14.6. The number of nitrogens with zero attached hydrogens (tertiary/aromatic N) is 1. The Morgan fingerprint density at radius 1 is 1.30 bits per heavy atom. The molecule has 1 aromatic rings. The molecule has 110 valence electrons. The highest BCUT2D eigenvalue weighted by atomic mass is 35.5. The Labute approximate surface area is 135 Å². The molecule has 5 heteroatoms. The fourth-order valence-corrected chi connectivity index (χ4v) is 4.09. The van der Waals surface area contributed by atoms with Gasteiger partial charge in [-0.3, -0.25) is 4.99 Å². The largest absolute Gasteiger partial charge is 0.359 e. The lowest BCUT2D eigenvalue weighted by Gasteiger charge is -2.25. The van der Waals surface area contributed by atoms with E-state index in [2.05, 4.69) is 24.2 Å². The van der Waals surface area contributed by atoms with Crippen LogP contribution in [-0.4, -0.2) is 23.0 Å². The molecule has 0 atom stereocenters. The molecular weight excluding hydrogens is 311 g/mol. The van der Waals surface area contributed by atoms with E-state index in [4.69, 9.17) is 23.2 Å². The molecule has 1 aromatic carbocycles. The maximum Gasteiger partial charge on any atom is 0.157 e. The van der Waals surface area contributed by atoms with E-state index in [0.29, 0.717) is 5.02 Å². The second-order valence-corrected chi connectivity index (χ2v) is 6.88. The predicted molar refractivity (Wildman–Crippen MR) is 91.4 cm³/mol. The van der Waals surface area contributed by atoms with Crippen LogP contribution < -0.4 is 5.32 Å². The Balaban J connectivity index is 1.91. The first-order valence-corrected chi connectivity index (χ1v) is 8.72. The van der Waals surface area contributed by atoms with E-state index >= 15 is 0 Å². The number of hydrogen-bond donors (Lipinski definition) is 1. The van der Waals surface area contributed by atoms with E-state index in [0.717, 1.165) is 47.3 Å². The van der Waals surface area contributed by atoms with Crippen molar-refractivity contribution in [1.82, 2.24) is 5.32 Å². The Morgan fingerprint density at radius 2 is 2.05 bits per heavy atom. The summed E-state index contributed by atoms with van der Waals surface area (Å²) in [6.07, 6.45) is 3.12. The second-order valence-electron chi connectivity index (χ2n) is 5.07. The fraction of sp³-hybridized carbons (Fsp3) is 0.533. The number of thioether (sulfide) groups is 1. The van der Waals surface area contributed by atoms with Gasteiger partial charge in [-0.2, -0.15) is 0 Å². The van der Waals surface area contributed by atoms with Crippen LogP contribution in [0.3, 0.4) is 0 Å². The summed E-state index contributed by atoms with van der Waals surface area (Å²) in [7, 11) is 0. The zero-order valence-electron chi connectivity index (χ0n) is 11.9. The second kappa shape index (κ2) is 7.06. The third kappa shape index (κ3) is 3.84. The summed E-state index contributed by atoms with van der Waals surface area (Å²) in [6.45, 7) is 5.21. The van der Waals surface area contributed by atoms with Crippen molar-refractivity contribution in [3.63, 3.8) is 0 Å². The topological polar surface area (TPSA) is 24.4 Å². The highest BCUT2D eigenvalue weighted by Crippen LogP contribution is 2.29. The van der Waals surface area contributed by atoms with Gasteiger partial charge in [-0.1, -0.05) is 54.9 Å². The molecule has 1 saturated heterocycles. The maximum atomic E-state index is 6.16. The van der Waals surface area contributed by atoms with Gasteiger partial charge in [0.2, 0.25) is 0 Å². The number of aliphatic imine (C=N–C) groups is 1. The highest BCUT2D eigenvalue weighted by molar-refractivity contribution is 8.14. The lowest BCUT2D eigenvalue weighted by atomic mass is 9.96. The lowest BCUT2D eigenvalue weighted by molar-refractivity contribution is 0.407. The summed E-state index contributed by atoms with van der Waals surface area (Å²) in [5.41, 5.74) is 1.34. The first-order valence-electron chi connectivity index (χ1n) is 6.98. The summed E-state index contributed by atoms with van der Waals surface area (Å²) in [5.74, 6) is 1.11. The molecule has 2 nitrogen and oxygen atoms in total. The molecule has 1 aliphatic heterocycles. The summed E-state index contributed by atoms with van der Waals surface area (Å²) >= 11 is 13.9. The standard InChI is InChI=1S/C15H20Cl2N2S/c1-3-15(4-2)10-20-14(19-15)18-8-7-11-5-6-12(16)9-13(11)17/h5-6,9H,3-4,7-8,10H2,1-2H3,(H,18,19). The Morgan fingerprint density at radius 3 is 2.65 bits per heavy atom. The van der Waals surface area contributed by atoms with Crippen molar-refractivity contribution in [2.45, 2.75) is 38.6 Å². The van der Waals surface area contributed by atoms with Crippen LogP contribution in [-0.2, 0) is 6.42 Å². The smallest absolute Gasteiger partial charge is 0.157 e. The van der Waals surface area contributed by atoms with Crippen molar-refractivity contribution in [3.8, 4) is 0 Å². The van der Waals surface area contributed by atoms with Crippen LogP contribution in [0.15, 0.2) is 23.2 Å². The molecule has 20 heavy (non-hydrogen) atoms. The predicted octanol–water partition coefficient (Wildman–Crippen LogP) is 4.79. The van der Waals surface area contributed by atoms with Gasteiger partial charge in [0, 0.05) is 27.9 Å². The molecule has 0 saturated carbocycles. The number of halogens is 2. The molecule has 1 heterocycles. The van der Waals surface area contributed by atoms with E-state index in [1.807, 2.05) is 23.9 Å². The summed E-state index contributed by atoms with van der Waals surface area (Å²) < 4.78 is 0. The van der Waals surface area contributed by atoms with Crippen molar-refractivity contribution < 1.29 is 0 Å². The van der Waals surface area contributed by atoms with Gasteiger partial charge in [0.05, 0.1) is 0 Å². The Bertz CT molecular complexity index is 499. The molecule has 0 aromatic heterocycles. The average molecular weight is 331 g/mol. The highest BCUT2D eigenvalue weighted by Gasteiger charge is 2.33. The molecule has 1 N–H and O–H groups in total. The third-order valence-corrected chi connectivity index (χ3v) is 5.65. The molecule has 0 spiro atoms. The molecule has 1 fully saturated rings. The van der Waals surface area contributed by atoms with Gasteiger partial charge in [-0.05, 0) is 37.0 Å². The molecule has 0 bridgehead atoms. The van der Waals surface area contributed by atoms with E-state index in [1.54, 1.807) is 6.07 Å². The van der Waals surface area contributed by atoms with Crippen LogP contribution in [0, 0.1) is 0 Å². The summed E-state index contributed by atoms with van der Waals surface area (Å²) in [6, 6.07) is 5.63. The molecule has 0 radical (unpaired) electrons. The summed E-state index contributed by atoms with van der Waals surface area (Å²) in [4.78, 5) is 4.65. The van der Waals surface area contributed by atoms with Crippen molar-refractivity contribution in [2.75, 3.05) is 12.3 Å². The minimum atomic E-state index is 0.238. The molecular formula is C15H20Cl2N2S. The van der Waals surface area contributed by atoms with Gasteiger partial charge in [0.15, 0.2) is 5.17 Å². The SMILES string of the molecule is CCC1(CC)CSC(=NCCc2ccc(Cl)cc2Cl)N1. The van der Waals surface area contributed by atoms with Gasteiger partial charge in [-0.15, -0.1) is 0 Å². The van der Waals surface area contributed by atoms with Crippen molar-refractivity contribution >= 4 is 40.1 Å². The molecule has 0 unspecified atom stereocenters. The van der Waals surface area contributed by atoms with Crippen molar-refractivity contribution in [2.24, 2.45) is 4.99 Å². The Hall–Kier alpha value is -0.380. The number of amidine groups is 1. The molecule has 0 amide bonds. The van der Waals surface area contributed by atoms with Gasteiger partial charge in [-0.25, -0.2) is 0 Å².